The number of fused-ring (bicyclic) bond motifs is 1. The van der Waals surface area contributed by atoms with Gasteiger partial charge in [-0.15, -0.1) is 0 Å². The molecule has 0 radical (unpaired) electrons. The number of carboxylic acids is 1. The Morgan fingerprint density at radius 3 is 2.62 bits per heavy atom. The van der Waals surface area contributed by atoms with Crippen LogP contribution in [0.1, 0.15) is 18.4 Å². The van der Waals surface area contributed by atoms with Crippen LogP contribution in [0.3, 0.4) is 0 Å². The molecule has 0 atom stereocenters. The van der Waals surface area contributed by atoms with Gasteiger partial charge in [0.15, 0.2) is 0 Å². The largest absolute Gasteiger partial charge is 0.480 e. The van der Waals surface area contributed by atoms with Gasteiger partial charge in [0.2, 0.25) is 11.8 Å². The van der Waals surface area contributed by atoms with Crippen molar-refractivity contribution in [3.8, 4) is 0 Å². The molecule has 2 aliphatic rings. The Kier molecular flexibility index (Phi) is 3.16. The number of aliphatic carboxylic acids is 1. The molecule has 0 bridgehead atoms. The molecular formula is C15H16N2O4. The normalized spacial score (nSPS) is 18.0. The molecule has 0 aromatic heterocycles. The van der Waals surface area contributed by atoms with E-state index in [-0.39, 0.29) is 12.5 Å². The lowest BCUT2D eigenvalue weighted by molar-refractivity contribution is -0.149. The van der Waals surface area contributed by atoms with Crippen LogP contribution in [-0.2, 0) is 20.8 Å². The Labute approximate surface area is 121 Å². The molecular weight excluding hydrogens is 272 g/mol. The van der Waals surface area contributed by atoms with Crippen molar-refractivity contribution in [1.29, 1.82) is 0 Å². The number of nitrogens with zero attached hydrogens (tertiary/aromatic N) is 1. The van der Waals surface area contributed by atoms with Gasteiger partial charge in [-0.1, -0.05) is 18.2 Å². The molecule has 3 rings (SSSR count). The molecule has 0 unspecified atom stereocenters. The van der Waals surface area contributed by atoms with E-state index in [1.54, 1.807) is 4.90 Å². The highest BCUT2D eigenvalue weighted by atomic mass is 16.4. The van der Waals surface area contributed by atoms with E-state index in [1.807, 2.05) is 24.3 Å². The van der Waals surface area contributed by atoms with Crippen molar-refractivity contribution in [2.75, 3.05) is 18.0 Å². The van der Waals surface area contributed by atoms with Gasteiger partial charge in [-0.3, -0.25) is 14.4 Å². The van der Waals surface area contributed by atoms with Crippen molar-refractivity contribution < 1.29 is 19.5 Å². The van der Waals surface area contributed by atoms with Gasteiger partial charge in [-0.05, 0) is 30.9 Å². The summed E-state index contributed by atoms with van der Waals surface area (Å²) in [5.41, 5.74) is 0.681. The average molecular weight is 288 g/mol. The van der Waals surface area contributed by atoms with E-state index in [9.17, 15) is 14.4 Å². The Balaban J connectivity index is 1.61. The van der Waals surface area contributed by atoms with E-state index in [0.29, 0.717) is 19.4 Å². The summed E-state index contributed by atoms with van der Waals surface area (Å²) >= 11 is 0. The predicted molar refractivity (Wildman–Crippen MR) is 74.8 cm³/mol. The van der Waals surface area contributed by atoms with E-state index < -0.39 is 17.3 Å². The number of benzene rings is 1. The van der Waals surface area contributed by atoms with E-state index in [0.717, 1.165) is 17.7 Å². The van der Waals surface area contributed by atoms with Crippen LogP contribution in [0, 0.1) is 5.41 Å². The molecule has 2 amide bonds. The monoisotopic (exact) mass is 288 g/mol. The number of carbonyl (C=O) groups is 3. The average Bonchev–Trinajstić information content (AvgIpc) is 3.19. The zero-order chi connectivity index (χ0) is 15.0. The van der Waals surface area contributed by atoms with E-state index in [4.69, 9.17) is 5.11 Å². The molecule has 1 aliphatic heterocycles. The Morgan fingerprint density at radius 1 is 1.24 bits per heavy atom. The number of hydrogen-bond donors (Lipinski definition) is 2. The highest BCUT2D eigenvalue weighted by Gasteiger charge is 2.57. The number of amides is 2. The molecule has 1 fully saturated rings. The Hall–Kier alpha value is -2.37. The first-order chi connectivity index (χ1) is 10.0. The summed E-state index contributed by atoms with van der Waals surface area (Å²) in [6.45, 7) is 0.431. The van der Waals surface area contributed by atoms with Crippen LogP contribution in [0.2, 0.25) is 0 Å². The Bertz CT molecular complexity index is 622. The maximum absolute atomic E-state index is 12.2. The van der Waals surface area contributed by atoms with Crippen molar-refractivity contribution in [2.24, 2.45) is 5.41 Å². The minimum Gasteiger partial charge on any atom is -0.480 e. The third-order valence-corrected chi connectivity index (χ3v) is 4.18. The van der Waals surface area contributed by atoms with Crippen LogP contribution in [0.4, 0.5) is 5.69 Å². The van der Waals surface area contributed by atoms with E-state index in [1.165, 1.54) is 0 Å². The van der Waals surface area contributed by atoms with Gasteiger partial charge in [-0.25, -0.2) is 0 Å². The van der Waals surface area contributed by atoms with E-state index >= 15 is 0 Å². The standard InChI is InChI=1S/C15H16N2O4/c18-12(9-16-13(19)15(6-7-15)14(20)21)17-8-5-10-3-1-2-4-11(10)17/h1-4H,5-9H2,(H,16,19)(H,20,21). The number of nitrogens with one attached hydrogen (secondary N) is 1. The Morgan fingerprint density at radius 2 is 1.95 bits per heavy atom. The van der Waals surface area contributed by atoms with Crippen LogP contribution in [0.15, 0.2) is 24.3 Å². The first-order valence-electron chi connectivity index (χ1n) is 6.94. The van der Waals surface area contributed by atoms with Crippen LogP contribution in [0.5, 0.6) is 0 Å². The third kappa shape index (κ3) is 2.26. The summed E-state index contributed by atoms with van der Waals surface area (Å²) in [6, 6.07) is 7.65. The quantitative estimate of drug-likeness (QED) is 0.792. The number of carbonyl (C=O) groups excluding carboxylic acids is 2. The minimum atomic E-state index is -1.30. The fourth-order valence-electron chi connectivity index (χ4n) is 2.68. The highest BCUT2D eigenvalue weighted by Crippen LogP contribution is 2.46. The fourth-order valence-corrected chi connectivity index (χ4v) is 2.68. The van der Waals surface area contributed by atoms with E-state index in [2.05, 4.69) is 5.32 Å². The van der Waals surface area contributed by atoms with Crippen LogP contribution in [0.25, 0.3) is 0 Å². The number of carboxylic acid groups (broad SMARTS) is 1. The van der Waals surface area contributed by atoms with Gasteiger partial charge < -0.3 is 15.3 Å². The number of hydrogen-bond acceptors (Lipinski definition) is 3. The SMILES string of the molecule is O=C(CNC(=O)C1(C(=O)O)CC1)N1CCc2ccccc21. The molecule has 1 aromatic carbocycles. The summed E-state index contributed by atoms with van der Waals surface area (Å²) in [4.78, 5) is 36.7. The van der Waals surface area contributed by atoms with Crippen molar-refractivity contribution in [2.45, 2.75) is 19.3 Å². The first-order valence-corrected chi connectivity index (χ1v) is 6.94. The van der Waals surface area contributed by atoms with Crippen molar-refractivity contribution in [3.63, 3.8) is 0 Å². The maximum atomic E-state index is 12.2. The first kappa shape index (κ1) is 13.6. The molecule has 1 aliphatic carbocycles. The van der Waals surface area contributed by atoms with Crippen molar-refractivity contribution in [1.82, 2.24) is 5.32 Å². The summed E-state index contributed by atoms with van der Waals surface area (Å²) in [7, 11) is 0. The summed E-state index contributed by atoms with van der Waals surface area (Å²) in [5.74, 6) is -1.88. The lowest BCUT2D eigenvalue weighted by Crippen LogP contribution is -2.43. The maximum Gasteiger partial charge on any atom is 0.319 e. The van der Waals surface area contributed by atoms with Gasteiger partial charge in [0.05, 0.1) is 6.54 Å². The predicted octanol–water partition coefficient (Wildman–Crippen LogP) is 0.557. The molecule has 110 valence electrons. The molecule has 2 N–H and O–H groups in total. The van der Waals surface area contributed by atoms with Crippen molar-refractivity contribution >= 4 is 23.5 Å². The van der Waals surface area contributed by atoms with Crippen molar-refractivity contribution in [3.05, 3.63) is 29.8 Å². The molecule has 0 saturated heterocycles. The zero-order valence-corrected chi connectivity index (χ0v) is 11.5. The molecule has 1 saturated carbocycles. The molecule has 21 heavy (non-hydrogen) atoms. The summed E-state index contributed by atoms with van der Waals surface area (Å²) in [5, 5.41) is 11.5. The highest BCUT2D eigenvalue weighted by molar-refractivity contribution is 6.06. The van der Waals surface area contributed by atoms with Crippen LogP contribution < -0.4 is 10.2 Å². The number of anilines is 1. The van der Waals surface area contributed by atoms with Crippen LogP contribution in [-0.4, -0.2) is 36.0 Å². The van der Waals surface area contributed by atoms with Gasteiger partial charge in [0, 0.05) is 12.2 Å². The zero-order valence-electron chi connectivity index (χ0n) is 11.5. The molecule has 6 heteroatoms. The third-order valence-electron chi connectivity index (χ3n) is 4.18. The second kappa shape index (κ2) is 4.87. The second-order valence-corrected chi connectivity index (χ2v) is 5.49. The van der Waals surface area contributed by atoms with Gasteiger partial charge >= 0.3 is 5.97 Å². The molecule has 0 spiro atoms. The summed E-state index contributed by atoms with van der Waals surface area (Å²) in [6.07, 6.45) is 1.48. The minimum absolute atomic E-state index is 0.164. The van der Waals surface area contributed by atoms with Gasteiger partial charge in [-0.2, -0.15) is 0 Å². The lowest BCUT2D eigenvalue weighted by Gasteiger charge is -2.18. The second-order valence-electron chi connectivity index (χ2n) is 5.49. The molecule has 1 heterocycles. The molecule has 6 nitrogen and oxygen atoms in total. The van der Waals surface area contributed by atoms with Crippen LogP contribution >= 0.6 is 0 Å². The fraction of sp³-hybridized carbons (Fsp3) is 0.400. The summed E-state index contributed by atoms with van der Waals surface area (Å²) < 4.78 is 0. The smallest absolute Gasteiger partial charge is 0.319 e. The topological polar surface area (TPSA) is 86.7 Å². The van der Waals surface area contributed by atoms with Gasteiger partial charge in [0.1, 0.15) is 5.41 Å². The number of rotatable bonds is 4. The number of para-hydroxylation sites is 1. The lowest BCUT2D eigenvalue weighted by atomic mass is 10.1. The van der Waals surface area contributed by atoms with Gasteiger partial charge in [0.25, 0.3) is 0 Å². The molecule has 1 aromatic rings.